The van der Waals surface area contributed by atoms with E-state index >= 15 is 0 Å². The first-order valence-corrected chi connectivity index (χ1v) is 5.68. The monoisotopic (exact) mass is 289 g/mol. The summed E-state index contributed by atoms with van der Waals surface area (Å²) in [6.07, 6.45) is 4.63. The van der Waals surface area contributed by atoms with E-state index in [2.05, 4.69) is 32.2 Å². The normalized spacial score (nSPS) is 16.4. The number of halogens is 2. The van der Waals surface area contributed by atoms with E-state index in [4.69, 9.17) is 11.6 Å². The molecule has 4 nitrogen and oxygen atoms in total. The van der Waals surface area contributed by atoms with Gasteiger partial charge in [0, 0.05) is 17.6 Å². The Morgan fingerprint density at radius 2 is 2.40 bits per heavy atom. The molecule has 1 aromatic heterocycles. The number of hydrogen-bond donors (Lipinski definition) is 1. The summed E-state index contributed by atoms with van der Waals surface area (Å²) < 4.78 is 1.10. The molecule has 0 atom stereocenters. The van der Waals surface area contributed by atoms with Gasteiger partial charge in [0.2, 0.25) is 0 Å². The lowest BCUT2D eigenvalue weighted by atomic mass is 10.2. The van der Waals surface area contributed by atoms with Gasteiger partial charge in [-0.15, -0.1) is 0 Å². The zero-order valence-electron chi connectivity index (χ0n) is 7.83. The van der Waals surface area contributed by atoms with Crippen molar-refractivity contribution in [3.63, 3.8) is 0 Å². The molecule has 15 heavy (non-hydrogen) atoms. The van der Waals surface area contributed by atoms with Gasteiger partial charge in [0.15, 0.2) is 0 Å². The first kappa shape index (κ1) is 10.7. The Balaban J connectivity index is 2.34. The van der Waals surface area contributed by atoms with E-state index in [9.17, 15) is 4.79 Å². The van der Waals surface area contributed by atoms with Crippen LogP contribution in [0, 0.1) is 0 Å². The van der Waals surface area contributed by atoms with Crippen LogP contribution in [0.1, 0.15) is 6.42 Å². The van der Waals surface area contributed by atoms with Crippen LogP contribution < -0.4 is 10.5 Å². The maximum atomic E-state index is 11.3. The van der Waals surface area contributed by atoms with Gasteiger partial charge in [0.25, 0.3) is 5.56 Å². The molecule has 2 rings (SSSR count). The Hall–Kier alpha value is -0.810. The standard InChI is InChI=1S/C9H9BrClN3O/c10-6-2-1-3-14(5-6)7-4-12-13-9(15)8(7)11/h2,4H,1,3,5H2,(H,13,15). The Labute approximate surface area is 100 Å². The second-order valence-corrected chi connectivity index (χ2v) is 4.66. The number of hydrogen-bond acceptors (Lipinski definition) is 3. The van der Waals surface area contributed by atoms with Crippen molar-refractivity contribution in [1.29, 1.82) is 0 Å². The molecule has 1 aliphatic heterocycles. The minimum absolute atomic E-state index is 0.201. The summed E-state index contributed by atoms with van der Waals surface area (Å²) in [6, 6.07) is 0. The van der Waals surface area contributed by atoms with Gasteiger partial charge in [-0.2, -0.15) is 5.10 Å². The number of nitrogens with one attached hydrogen (secondary N) is 1. The van der Waals surface area contributed by atoms with E-state index < -0.39 is 0 Å². The van der Waals surface area contributed by atoms with Crippen LogP contribution in [0.25, 0.3) is 0 Å². The fraction of sp³-hybridized carbons (Fsp3) is 0.333. The summed E-state index contributed by atoms with van der Waals surface area (Å²) in [5.74, 6) is 0. The fourth-order valence-corrected chi connectivity index (χ4v) is 2.25. The highest BCUT2D eigenvalue weighted by Gasteiger charge is 2.16. The van der Waals surface area contributed by atoms with Crippen LogP contribution >= 0.6 is 27.5 Å². The second-order valence-electron chi connectivity index (χ2n) is 3.26. The van der Waals surface area contributed by atoms with Crippen LogP contribution in [0.15, 0.2) is 21.5 Å². The average Bonchev–Trinajstić information content (AvgIpc) is 2.22. The van der Waals surface area contributed by atoms with Crippen LogP contribution in [0.3, 0.4) is 0 Å². The van der Waals surface area contributed by atoms with Gasteiger partial charge in [-0.3, -0.25) is 4.79 Å². The molecule has 80 valence electrons. The summed E-state index contributed by atoms with van der Waals surface area (Å²) in [6.45, 7) is 1.57. The minimum Gasteiger partial charge on any atom is -0.364 e. The van der Waals surface area contributed by atoms with Crippen molar-refractivity contribution in [2.75, 3.05) is 18.0 Å². The fourth-order valence-electron chi connectivity index (χ4n) is 1.50. The van der Waals surface area contributed by atoms with Crippen molar-refractivity contribution in [2.24, 2.45) is 0 Å². The molecule has 0 aliphatic carbocycles. The Morgan fingerprint density at radius 1 is 1.60 bits per heavy atom. The second kappa shape index (κ2) is 4.37. The molecular weight excluding hydrogens is 281 g/mol. The van der Waals surface area contributed by atoms with Crippen molar-refractivity contribution in [3.8, 4) is 0 Å². The maximum Gasteiger partial charge on any atom is 0.285 e. The lowest BCUT2D eigenvalue weighted by molar-refractivity contribution is 0.806. The zero-order valence-corrected chi connectivity index (χ0v) is 10.2. The van der Waals surface area contributed by atoms with Gasteiger partial charge in [-0.05, 0) is 6.42 Å². The highest BCUT2D eigenvalue weighted by molar-refractivity contribution is 9.11. The number of H-pyrrole nitrogens is 1. The van der Waals surface area contributed by atoms with E-state index in [1.807, 2.05) is 4.90 Å². The topological polar surface area (TPSA) is 49.0 Å². The van der Waals surface area contributed by atoms with Gasteiger partial charge in [-0.25, -0.2) is 5.10 Å². The third-order valence-corrected chi connectivity index (χ3v) is 3.16. The minimum atomic E-state index is -0.347. The average molecular weight is 291 g/mol. The maximum absolute atomic E-state index is 11.3. The van der Waals surface area contributed by atoms with Crippen molar-refractivity contribution in [3.05, 3.63) is 32.1 Å². The zero-order chi connectivity index (χ0) is 10.8. The van der Waals surface area contributed by atoms with Crippen molar-refractivity contribution in [1.82, 2.24) is 10.2 Å². The summed E-state index contributed by atoms with van der Waals surface area (Å²) in [5.41, 5.74) is 0.338. The van der Waals surface area contributed by atoms with E-state index in [0.717, 1.165) is 24.0 Å². The third-order valence-electron chi connectivity index (χ3n) is 2.22. The molecular formula is C9H9BrClN3O. The number of aromatic amines is 1. The molecule has 0 saturated carbocycles. The van der Waals surface area contributed by atoms with E-state index in [1.54, 1.807) is 6.20 Å². The van der Waals surface area contributed by atoms with Gasteiger partial charge in [0.1, 0.15) is 5.02 Å². The lowest BCUT2D eigenvalue weighted by Crippen LogP contribution is -2.30. The van der Waals surface area contributed by atoms with E-state index in [1.165, 1.54) is 0 Å². The molecule has 1 aliphatic rings. The molecule has 0 aromatic carbocycles. The lowest BCUT2D eigenvalue weighted by Gasteiger charge is -2.27. The Morgan fingerprint density at radius 3 is 3.13 bits per heavy atom. The third kappa shape index (κ3) is 2.23. The molecule has 6 heteroatoms. The highest BCUT2D eigenvalue weighted by Crippen LogP contribution is 2.25. The van der Waals surface area contributed by atoms with Crippen LogP contribution in [-0.2, 0) is 0 Å². The predicted octanol–water partition coefficient (Wildman–Crippen LogP) is 1.91. The highest BCUT2D eigenvalue weighted by atomic mass is 79.9. The molecule has 0 spiro atoms. The molecule has 0 unspecified atom stereocenters. The first-order chi connectivity index (χ1) is 7.18. The quantitative estimate of drug-likeness (QED) is 0.859. The molecule has 1 N–H and O–H groups in total. The Kier molecular flexibility index (Phi) is 3.11. The van der Waals surface area contributed by atoms with Crippen LogP contribution in [0.5, 0.6) is 0 Å². The van der Waals surface area contributed by atoms with Crippen LogP contribution in [-0.4, -0.2) is 23.3 Å². The predicted molar refractivity (Wildman–Crippen MR) is 63.7 cm³/mol. The summed E-state index contributed by atoms with van der Waals surface area (Å²) in [5, 5.41) is 6.25. The largest absolute Gasteiger partial charge is 0.364 e. The van der Waals surface area contributed by atoms with Crippen molar-refractivity contribution >= 4 is 33.2 Å². The van der Waals surface area contributed by atoms with Gasteiger partial charge in [-0.1, -0.05) is 33.6 Å². The molecule has 0 amide bonds. The summed E-state index contributed by atoms with van der Waals surface area (Å²) >= 11 is 9.35. The molecule has 0 saturated heterocycles. The Bertz CT molecular complexity index is 457. The van der Waals surface area contributed by atoms with E-state index in [-0.39, 0.29) is 10.6 Å². The molecule has 0 bridgehead atoms. The number of nitrogens with zero attached hydrogens (tertiary/aromatic N) is 2. The summed E-state index contributed by atoms with van der Waals surface area (Å²) in [7, 11) is 0. The number of anilines is 1. The molecule has 1 aromatic rings. The number of rotatable bonds is 1. The van der Waals surface area contributed by atoms with Crippen LogP contribution in [0.2, 0.25) is 5.02 Å². The van der Waals surface area contributed by atoms with Crippen LogP contribution in [0.4, 0.5) is 5.69 Å². The molecule has 0 radical (unpaired) electrons. The van der Waals surface area contributed by atoms with Gasteiger partial charge >= 0.3 is 0 Å². The molecule has 2 heterocycles. The first-order valence-electron chi connectivity index (χ1n) is 4.51. The smallest absolute Gasteiger partial charge is 0.285 e. The molecule has 0 fully saturated rings. The summed E-state index contributed by atoms with van der Waals surface area (Å²) in [4.78, 5) is 13.3. The van der Waals surface area contributed by atoms with Gasteiger partial charge < -0.3 is 4.90 Å². The van der Waals surface area contributed by atoms with Crippen molar-refractivity contribution in [2.45, 2.75) is 6.42 Å². The van der Waals surface area contributed by atoms with E-state index in [0.29, 0.717) is 5.69 Å². The van der Waals surface area contributed by atoms with Gasteiger partial charge in [0.05, 0.1) is 11.9 Å². The number of aromatic nitrogens is 2. The van der Waals surface area contributed by atoms with Crippen molar-refractivity contribution < 1.29 is 0 Å². The SMILES string of the molecule is O=c1[nH]ncc(N2CCC=C(Br)C2)c1Cl.